The van der Waals surface area contributed by atoms with Crippen LogP contribution in [0.4, 0.5) is 22.5 Å². The van der Waals surface area contributed by atoms with Crippen LogP contribution in [0.15, 0.2) is 54.7 Å². The van der Waals surface area contributed by atoms with E-state index >= 15 is 0 Å². The number of amides is 1. The van der Waals surface area contributed by atoms with E-state index in [2.05, 4.69) is 51.4 Å². The minimum atomic E-state index is 0.0865. The molecular weight excluding hydrogens is 446 g/mol. The van der Waals surface area contributed by atoms with Crippen molar-refractivity contribution in [3.8, 4) is 0 Å². The maximum Gasteiger partial charge on any atom is 0.227 e. The highest BCUT2D eigenvalue weighted by Crippen LogP contribution is 2.30. The summed E-state index contributed by atoms with van der Waals surface area (Å²) >= 11 is 1.47. The lowest BCUT2D eigenvalue weighted by Gasteiger charge is -2.18. The number of anilines is 4. The quantitative estimate of drug-likeness (QED) is 0.436. The van der Waals surface area contributed by atoms with E-state index < -0.39 is 0 Å². The molecule has 1 fully saturated rings. The predicted molar refractivity (Wildman–Crippen MR) is 137 cm³/mol. The largest absolute Gasteiger partial charge is 0.341 e. The molecule has 5 rings (SSSR count). The maximum atomic E-state index is 12.6. The van der Waals surface area contributed by atoms with Gasteiger partial charge in [-0.15, -0.1) is 0 Å². The Labute approximate surface area is 202 Å². The summed E-state index contributed by atoms with van der Waals surface area (Å²) in [6.07, 6.45) is 2.91. The number of hydrogen-bond donors (Lipinski definition) is 2. The molecule has 0 bridgehead atoms. The van der Waals surface area contributed by atoms with Crippen molar-refractivity contribution in [1.82, 2.24) is 19.9 Å². The minimum Gasteiger partial charge on any atom is -0.341 e. The van der Waals surface area contributed by atoms with Crippen molar-refractivity contribution < 1.29 is 4.79 Å². The van der Waals surface area contributed by atoms with E-state index in [1.54, 1.807) is 6.20 Å². The van der Waals surface area contributed by atoms with Crippen LogP contribution in [0.5, 0.6) is 0 Å². The van der Waals surface area contributed by atoms with Crippen molar-refractivity contribution in [2.24, 2.45) is 5.73 Å². The van der Waals surface area contributed by atoms with Crippen molar-refractivity contribution >= 4 is 50.0 Å². The summed E-state index contributed by atoms with van der Waals surface area (Å²) in [7, 11) is 2.01. The fourth-order valence-electron chi connectivity index (χ4n) is 4.01. The first-order valence-electron chi connectivity index (χ1n) is 11.3. The zero-order chi connectivity index (χ0) is 23.7. The van der Waals surface area contributed by atoms with Gasteiger partial charge in [0.15, 0.2) is 5.13 Å². The van der Waals surface area contributed by atoms with E-state index in [-0.39, 0.29) is 11.9 Å². The van der Waals surface area contributed by atoms with Gasteiger partial charge in [0.2, 0.25) is 5.91 Å². The molecule has 3 aromatic heterocycles. The molecule has 0 saturated carbocycles. The zero-order valence-corrected chi connectivity index (χ0v) is 20.0. The van der Waals surface area contributed by atoms with Crippen LogP contribution in [0.2, 0.25) is 0 Å². The highest BCUT2D eigenvalue weighted by atomic mass is 32.1. The van der Waals surface area contributed by atoms with Gasteiger partial charge in [-0.2, -0.15) is 0 Å². The molecule has 0 spiro atoms. The number of thiazole rings is 1. The van der Waals surface area contributed by atoms with Crippen LogP contribution in [0.3, 0.4) is 0 Å². The van der Waals surface area contributed by atoms with Gasteiger partial charge in [-0.1, -0.05) is 29.0 Å². The number of rotatable bonds is 6. The first kappa shape index (κ1) is 22.2. The smallest absolute Gasteiger partial charge is 0.227 e. The number of pyridine rings is 2. The fraction of sp³-hybridized carbons (Fsp3) is 0.280. The maximum absolute atomic E-state index is 12.6. The van der Waals surface area contributed by atoms with Gasteiger partial charge in [0.05, 0.1) is 6.42 Å². The second kappa shape index (κ2) is 9.36. The third-order valence-corrected chi connectivity index (χ3v) is 6.88. The molecule has 9 heteroatoms. The molecule has 3 N–H and O–H groups in total. The Bertz CT molecular complexity index is 1320. The normalized spacial score (nSPS) is 15.6. The molecule has 8 nitrogen and oxygen atoms in total. The van der Waals surface area contributed by atoms with Crippen LogP contribution in [0.25, 0.3) is 10.3 Å². The number of carbonyl (C=O) groups is 1. The summed E-state index contributed by atoms with van der Waals surface area (Å²) < 4.78 is 0. The van der Waals surface area contributed by atoms with Gasteiger partial charge in [-0.25, -0.2) is 15.0 Å². The Morgan fingerprint density at radius 1 is 1.21 bits per heavy atom. The molecule has 4 heterocycles. The highest BCUT2D eigenvalue weighted by Gasteiger charge is 2.23. The number of aryl methyl sites for hydroxylation is 1. The topological polar surface area (TPSA) is 100 Å². The first-order valence-corrected chi connectivity index (χ1v) is 12.1. The summed E-state index contributed by atoms with van der Waals surface area (Å²) in [5, 5.41) is 3.98. The van der Waals surface area contributed by atoms with E-state index in [0.717, 1.165) is 40.4 Å². The molecule has 0 aliphatic carbocycles. The molecule has 1 amide bonds. The Morgan fingerprint density at radius 3 is 2.79 bits per heavy atom. The predicted octanol–water partition coefficient (Wildman–Crippen LogP) is 4.01. The number of nitrogens with zero attached hydrogens (tertiary/aromatic N) is 5. The van der Waals surface area contributed by atoms with Crippen LogP contribution >= 0.6 is 11.3 Å². The number of nitrogens with one attached hydrogen (secondary N) is 1. The Morgan fingerprint density at radius 2 is 2.03 bits per heavy atom. The van der Waals surface area contributed by atoms with Gasteiger partial charge in [0, 0.05) is 38.1 Å². The van der Waals surface area contributed by atoms with E-state index in [0.29, 0.717) is 23.9 Å². The zero-order valence-electron chi connectivity index (χ0n) is 19.2. The molecule has 174 valence electrons. The van der Waals surface area contributed by atoms with Gasteiger partial charge in [0.25, 0.3) is 0 Å². The van der Waals surface area contributed by atoms with E-state index in [1.807, 2.05) is 36.2 Å². The van der Waals surface area contributed by atoms with Crippen molar-refractivity contribution in [1.29, 1.82) is 0 Å². The van der Waals surface area contributed by atoms with Gasteiger partial charge in [0.1, 0.15) is 22.0 Å². The summed E-state index contributed by atoms with van der Waals surface area (Å²) in [5.41, 5.74) is 9.96. The SMILES string of the molecule is Cc1ccc(N(C)c2ccc3nc(Nc4cc(CC(=O)N5CC[C@H](N)C5)ccn4)sc3n2)cc1. The molecule has 1 aromatic carbocycles. The van der Waals surface area contributed by atoms with Gasteiger partial charge in [-0.3, -0.25) is 4.79 Å². The number of hydrogen-bond acceptors (Lipinski definition) is 8. The van der Waals surface area contributed by atoms with Crippen LogP contribution in [-0.2, 0) is 11.2 Å². The van der Waals surface area contributed by atoms with Crippen molar-refractivity contribution in [3.63, 3.8) is 0 Å². The Kier molecular flexibility index (Phi) is 6.12. The van der Waals surface area contributed by atoms with Crippen molar-refractivity contribution in [2.75, 3.05) is 30.4 Å². The lowest BCUT2D eigenvalue weighted by molar-refractivity contribution is -0.129. The third-order valence-electron chi connectivity index (χ3n) is 6.00. The van der Waals surface area contributed by atoms with Crippen LogP contribution < -0.4 is 16.0 Å². The van der Waals surface area contributed by atoms with Gasteiger partial charge >= 0.3 is 0 Å². The van der Waals surface area contributed by atoms with Gasteiger partial charge < -0.3 is 20.9 Å². The van der Waals surface area contributed by atoms with Gasteiger partial charge in [-0.05, 0) is 55.3 Å². The third kappa shape index (κ3) is 4.85. The molecule has 34 heavy (non-hydrogen) atoms. The molecule has 1 saturated heterocycles. The number of aromatic nitrogens is 3. The summed E-state index contributed by atoms with van der Waals surface area (Å²) in [5.74, 6) is 1.60. The highest BCUT2D eigenvalue weighted by molar-refractivity contribution is 7.21. The molecule has 1 atom stereocenters. The number of carbonyl (C=O) groups excluding carboxylic acids is 1. The summed E-state index contributed by atoms with van der Waals surface area (Å²) in [6, 6.07) is 16.2. The lowest BCUT2D eigenvalue weighted by atomic mass is 10.2. The molecule has 0 unspecified atom stereocenters. The number of nitrogens with two attached hydrogens (primary N) is 1. The summed E-state index contributed by atoms with van der Waals surface area (Å²) in [4.78, 5) is 31.1. The molecule has 1 aliphatic heterocycles. The average molecular weight is 474 g/mol. The van der Waals surface area contributed by atoms with Crippen molar-refractivity contribution in [2.45, 2.75) is 25.8 Å². The molecular formula is C25H27N7OS. The molecule has 0 radical (unpaired) electrons. The number of benzene rings is 1. The van der Waals surface area contributed by atoms with Crippen LogP contribution in [0.1, 0.15) is 17.5 Å². The van der Waals surface area contributed by atoms with Crippen LogP contribution in [0, 0.1) is 6.92 Å². The second-order valence-electron chi connectivity index (χ2n) is 8.65. The fourth-order valence-corrected chi connectivity index (χ4v) is 4.85. The standard InChI is InChI=1S/C25H27N7OS/c1-16-3-5-19(6-4-16)31(2)22-8-7-20-24(30-22)34-25(28-20)29-21-13-17(9-11-27-21)14-23(33)32-12-10-18(26)15-32/h3-9,11,13,18H,10,12,14-15,26H2,1-2H3,(H,27,28,29)/t18-/m0/s1. The molecule has 4 aromatic rings. The van der Waals surface area contributed by atoms with E-state index in [4.69, 9.17) is 10.7 Å². The van der Waals surface area contributed by atoms with Crippen molar-refractivity contribution in [3.05, 3.63) is 65.9 Å². The Hall–Kier alpha value is -3.56. The van der Waals surface area contributed by atoms with Crippen LogP contribution in [-0.4, -0.2) is 51.9 Å². The average Bonchev–Trinajstić information content (AvgIpc) is 3.44. The monoisotopic (exact) mass is 473 g/mol. The summed E-state index contributed by atoms with van der Waals surface area (Å²) in [6.45, 7) is 3.44. The van der Waals surface area contributed by atoms with E-state index in [9.17, 15) is 4.79 Å². The minimum absolute atomic E-state index is 0.0865. The number of likely N-dealkylation sites (tertiary alicyclic amines) is 1. The first-order chi connectivity index (χ1) is 16.4. The van der Waals surface area contributed by atoms with E-state index in [1.165, 1.54) is 16.9 Å². The second-order valence-corrected chi connectivity index (χ2v) is 9.62. The Balaban J connectivity index is 1.30. The number of fused-ring (bicyclic) bond motifs is 1. The molecule has 1 aliphatic rings. The lowest BCUT2D eigenvalue weighted by Crippen LogP contribution is -2.32.